The van der Waals surface area contributed by atoms with Crippen molar-refractivity contribution in [3.8, 4) is 11.8 Å². The molecule has 1 aromatic rings. The van der Waals surface area contributed by atoms with Crippen molar-refractivity contribution in [2.24, 2.45) is 0 Å². The minimum atomic E-state index is -2.89. The minimum absolute atomic E-state index is 0.787. The van der Waals surface area contributed by atoms with Gasteiger partial charge in [-0.15, -0.1) is 0 Å². The van der Waals surface area contributed by atoms with Gasteiger partial charge >= 0.3 is 102 Å². The molecule has 11 rings (SSSR count). The van der Waals surface area contributed by atoms with Gasteiger partial charge in [0, 0.05) is 0 Å². The van der Waals surface area contributed by atoms with Crippen molar-refractivity contribution >= 4 is 0 Å². The van der Waals surface area contributed by atoms with Gasteiger partial charge in [-0.25, -0.2) is 0 Å². The van der Waals surface area contributed by atoms with Gasteiger partial charge in [0.2, 0.25) is 0 Å². The van der Waals surface area contributed by atoms with Crippen molar-refractivity contribution in [2.75, 3.05) is 0 Å². The van der Waals surface area contributed by atoms with Crippen LogP contribution in [-0.4, -0.2) is 0 Å². The topological polar surface area (TPSA) is 0 Å². The Hall–Kier alpha value is -0.701. The molecule has 10 fully saturated rings. The van der Waals surface area contributed by atoms with Gasteiger partial charge in [-0.3, -0.25) is 0 Å². The summed E-state index contributed by atoms with van der Waals surface area (Å²) in [6.45, 7) is -2.89. The van der Waals surface area contributed by atoms with Crippen LogP contribution in [0.3, 0.4) is 0 Å². The maximum absolute atomic E-state index is 4.04. The van der Waals surface area contributed by atoms with Crippen LogP contribution in [0.15, 0.2) is 30.3 Å². The van der Waals surface area contributed by atoms with Crippen LogP contribution in [0.1, 0.15) is 5.56 Å². The second-order valence-corrected chi connectivity index (χ2v) is 34.9. The predicted octanol–water partition coefficient (Wildman–Crippen LogP) is 4.80. The monoisotopic (exact) mass is 286 g/mol. The van der Waals surface area contributed by atoms with Crippen LogP contribution in [0.2, 0.25) is 47.7 Å². The fourth-order valence-electron chi connectivity index (χ4n) is 17.2. The third kappa shape index (κ3) is 0.0791. The van der Waals surface area contributed by atoms with Gasteiger partial charge in [0.25, 0.3) is 0 Å². The van der Waals surface area contributed by atoms with Crippen molar-refractivity contribution < 1.29 is 6.51 Å². The van der Waals surface area contributed by atoms with Crippen LogP contribution < -0.4 is 0 Å². The first-order valence-corrected chi connectivity index (χ1v) is 14.2. The van der Waals surface area contributed by atoms with E-state index in [1.54, 1.807) is 0 Å². The van der Waals surface area contributed by atoms with Crippen LogP contribution in [-0.2, 0) is 6.51 Å². The fraction of sp³-hybridized carbons (Fsp3) is 0.556. The Morgan fingerprint density at radius 1 is 0.789 bits per heavy atom. The molecule has 0 amide bonds. The molecular weight excluding hydrogens is 272 g/mol. The van der Waals surface area contributed by atoms with Crippen LogP contribution in [0.5, 0.6) is 0 Å². The van der Waals surface area contributed by atoms with E-state index in [4.69, 9.17) is 0 Å². The molecule has 4 unspecified atom stereocenters. The number of fused-ring (bicyclic) bond motifs is 10. The quantitative estimate of drug-likeness (QED) is 0.475. The first-order chi connectivity index (χ1) is 9.12. The molecule has 19 heavy (non-hydrogen) atoms. The molecule has 0 radical (unpaired) electrons. The molecule has 94 valence electrons. The predicted molar refractivity (Wildman–Crippen MR) is 69.8 cm³/mol. The molecule has 10 aliphatic heterocycles. The van der Waals surface area contributed by atoms with Gasteiger partial charge in [-0.05, 0) is 0 Å². The molecule has 0 bridgehead atoms. The molecule has 0 saturated carbocycles. The van der Waals surface area contributed by atoms with Gasteiger partial charge in [0.1, 0.15) is 0 Å². The third-order valence-corrected chi connectivity index (χ3v) is 58.0. The molecule has 4 atom stereocenters. The van der Waals surface area contributed by atoms with E-state index in [1.807, 2.05) is 0 Å². The van der Waals surface area contributed by atoms with Gasteiger partial charge in [-0.2, -0.15) is 0 Å². The van der Waals surface area contributed by atoms with Gasteiger partial charge in [0.15, 0.2) is 0 Å². The Morgan fingerprint density at radius 2 is 1.37 bits per heavy atom. The molecule has 10 aliphatic rings. The Balaban J connectivity index is 1.39. The molecule has 1 spiro atoms. The number of benzene rings is 1. The summed E-state index contributed by atoms with van der Waals surface area (Å²) < 4.78 is 0.787. The van der Waals surface area contributed by atoms with E-state index in [-0.39, 0.29) is 0 Å². The third-order valence-electron chi connectivity index (χ3n) is 15.9. The second-order valence-electron chi connectivity index (χ2n) is 11.3. The summed E-state index contributed by atoms with van der Waals surface area (Å²) in [6, 6.07) is 10.8. The summed E-state index contributed by atoms with van der Waals surface area (Å²) in [5.41, 5.74) is 1.28. The molecule has 0 aromatic heterocycles. The molecular formula is C18H14Fe. The zero-order chi connectivity index (χ0) is 11.5. The number of hydrogen-bond donors (Lipinski definition) is 0. The van der Waals surface area contributed by atoms with E-state index in [1.165, 1.54) is 48.9 Å². The molecule has 10 saturated heterocycles. The van der Waals surface area contributed by atoms with Crippen LogP contribution in [0.4, 0.5) is 0 Å². The number of hydrogen-bond acceptors (Lipinski definition) is 0. The fourth-order valence-corrected chi connectivity index (χ4v) is 90.2. The summed E-state index contributed by atoms with van der Waals surface area (Å²) in [5, 5.41) is 0. The van der Waals surface area contributed by atoms with Crippen molar-refractivity contribution in [3.63, 3.8) is 0 Å². The molecule has 10 heterocycles. The first-order valence-electron chi connectivity index (χ1n) is 7.92. The second kappa shape index (κ2) is 0.603. The molecule has 1 aromatic carbocycles. The zero-order valence-corrected chi connectivity index (χ0v) is 11.5. The van der Waals surface area contributed by atoms with Crippen LogP contribution >= 0.6 is 0 Å². The van der Waals surface area contributed by atoms with Crippen molar-refractivity contribution in [1.29, 1.82) is 0 Å². The van der Waals surface area contributed by atoms with Crippen LogP contribution in [0, 0.1) is 11.8 Å². The van der Waals surface area contributed by atoms with E-state index in [2.05, 4.69) is 42.2 Å². The Kier molecular flexibility index (Phi) is 0.217. The molecule has 0 nitrogen and oxygen atoms in total. The van der Waals surface area contributed by atoms with Crippen molar-refractivity contribution in [2.45, 2.75) is 47.7 Å². The normalized spacial score (nSPS) is 107. The van der Waals surface area contributed by atoms with E-state index < -0.39 is 6.51 Å². The average Bonchev–Trinajstić information content (AvgIpc) is 3.38. The van der Waals surface area contributed by atoms with E-state index >= 15 is 0 Å². The molecule has 1 heteroatoms. The summed E-state index contributed by atoms with van der Waals surface area (Å²) in [6.07, 6.45) is 0. The SMILES string of the molecule is C(#C[C]12[CH]3[CH]4[CH]5[CH]1[Fe]45321678[CH]2[CH]1[CH]6[CH]7[CH]28)c1ccccc1. The van der Waals surface area contributed by atoms with Crippen LogP contribution in [0.25, 0.3) is 0 Å². The standard InChI is InChI=1S/C13H9.C5H5.Fe/c1-2-6-12(7-3-1)10-11-13-8-4-5-9-13;1-2-4-5-3-1;/h1-9H;1-5H;. The molecule has 0 aliphatic carbocycles. The van der Waals surface area contributed by atoms with Gasteiger partial charge in [-0.1, -0.05) is 0 Å². The van der Waals surface area contributed by atoms with E-state index in [9.17, 15) is 0 Å². The summed E-state index contributed by atoms with van der Waals surface area (Å²) in [7, 11) is 0. The van der Waals surface area contributed by atoms with E-state index in [0.717, 1.165) is 4.31 Å². The van der Waals surface area contributed by atoms with Crippen molar-refractivity contribution in [1.82, 2.24) is 0 Å². The van der Waals surface area contributed by atoms with Gasteiger partial charge < -0.3 is 0 Å². The van der Waals surface area contributed by atoms with E-state index in [0.29, 0.717) is 0 Å². The average molecular weight is 286 g/mol. The number of rotatable bonds is 0. The first kappa shape index (κ1) is 6.84. The maximum atomic E-state index is 4.04. The summed E-state index contributed by atoms with van der Waals surface area (Å²) >= 11 is 0. The Bertz CT molecular complexity index is 1150. The zero-order valence-electron chi connectivity index (χ0n) is 10.4. The summed E-state index contributed by atoms with van der Waals surface area (Å²) in [4.78, 5) is 12.6. The molecule has 0 N–H and O–H groups in total. The Labute approximate surface area is 102 Å². The van der Waals surface area contributed by atoms with Gasteiger partial charge in [0.05, 0.1) is 0 Å². The Morgan fingerprint density at radius 3 is 1.79 bits per heavy atom. The van der Waals surface area contributed by atoms with Crippen molar-refractivity contribution in [3.05, 3.63) is 35.9 Å². The summed E-state index contributed by atoms with van der Waals surface area (Å²) in [5.74, 6) is 7.69.